The minimum Gasteiger partial charge on any atom is -0.328 e. The van der Waals surface area contributed by atoms with E-state index in [-0.39, 0.29) is 0 Å². The Hall–Kier alpha value is -0.830. The first-order valence-corrected chi connectivity index (χ1v) is 4.02. The maximum absolute atomic E-state index is 5.53. The predicted molar refractivity (Wildman–Crippen MR) is 45.4 cm³/mol. The van der Waals surface area contributed by atoms with Gasteiger partial charge >= 0.3 is 0 Å². The van der Waals surface area contributed by atoms with Crippen molar-refractivity contribution in [1.82, 2.24) is 9.78 Å². The second-order valence-electron chi connectivity index (χ2n) is 2.71. The first kappa shape index (κ1) is 8.27. The predicted octanol–water partition coefficient (Wildman–Crippen LogP) is 0.965. The number of hydrogen-bond acceptors (Lipinski definition) is 2. The zero-order valence-electron chi connectivity index (χ0n) is 7.12. The van der Waals surface area contributed by atoms with Gasteiger partial charge in [0.2, 0.25) is 0 Å². The molecule has 2 N–H and O–H groups in total. The SMILES string of the molecule is CCc1ccnn1C(C)CN. The summed E-state index contributed by atoms with van der Waals surface area (Å²) in [5.41, 5.74) is 6.78. The molecule has 0 aliphatic carbocycles. The largest absolute Gasteiger partial charge is 0.328 e. The van der Waals surface area contributed by atoms with Crippen molar-refractivity contribution in [3.05, 3.63) is 18.0 Å². The molecule has 62 valence electrons. The first-order chi connectivity index (χ1) is 5.29. The third kappa shape index (κ3) is 1.60. The van der Waals surface area contributed by atoms with Crippen molar-refractivity contribution in [3.63, 3.8) is 0 Å². The van der Waals surface area contributed by atoms with E-state index in [4.69, 9.17) is 5.73 Å². The molecule has 0 aliphatic rings. The summed E-state index contributed by atoms with van der Waals surface area (Å²) in [5, 5.41) is 4.19. The molecule has 0 saturated heterocycles. The monoisotopic (exact) mass is 153 g/mol. The molecule has 0 radical (unpaired) electrons. The molecular weight excluding hydrogens is 138 g/mol. The van der Waals surface area contributed by atoms with Crippen molar-refractivity contribution < 1.29 is 0 Å². The third-order valence-corrected chi connectivity index (χ3v) is 1.87. The highest BCUT2D eigenvalue weighted by Crippen LogP contribution is 2.07. The molecule has 0 bridgehead atoms. The summed E-state index contributed by atoms with van der Waals surface area (Å²) in [6, 6.07) is 2.35. The Bertz CT molecular complexity index is 217. The number of nitrogens with zero attached hydrogens (tertiary/aromatic N) is 2. The van der Waals surface area contributed by atoms with Crippen LogP contribution in [0.15, 0.2) is 12.3 Å². The van der Waals surface area contributed by atoms with Gasteiger partial charge in [0.1, 0.15) is 0 Å². The number of rotatable bonds is 3. The number of hydrogen-bond donors (Lipinski definition) is 1. The second kappa shape index (κ2) is 3.53. The summed E-state index contributed by atoms with van der Waals surface area (Å²) in [6.45, 7) is 4.84. The lowest BCUT2D eigenvalue weighted by Gasteiger charge is -2.11. The lowest BCUT2D eigenvalue weighted by molar-refractivity contribution is 0.483. The highest BCUT2D eigenvalue weighted by Gasteiger charge is 2.05. The van der Waals surface area contributed by atoms with E-state index < -0.39 is 0 Å². The highest BCUT2D eigenvalue weighted by molar-refractivity contribution is 5.01. The van der Waals surface area contributed by atoms with E-state index in [0.717, 1.165) is 6.42 Å². The summed E-state index contributed by atoms with van der Waals surface area (Å²) in [4.78, 5) is 0. The zero-order valence-corrected chi connectivity index (χ0v) is 7.12. The molecule has 1 aromatic heterocycles. The standard InChI is InChI=1S/C8H15N3/c1-3-8-4-5-10-11(8)7(2)6-9/h4-5,7H,3,6,9H2,1-2H3. The average Bonchev–Trinajstić information content (AvgIpc) is 2.50. The summed E-state index contributed by atoms with van der Waals surface area (Å²) in [5.74, 6) is 0. The van der Waals surface area contributed by atoms with Gasteiger partial charge < -0.3 is 5.73 Å². The lowest BCUT2D eigenvalue weighted by atomic mass is 10.3. The fourth-order valence-corrected chi connectivity index (χ4v) is 1.12. The van der Waals surface area contributed by atoms with Gasteiger partial charge in [-0.3, -0.25) is 4.68 Å². The van der Waals surface area contributed by atoms with Crippen molar-refractivity contribution in [2.75, 3.05) is 6.54 Å². The van der Waals surface area contributed by atoms with Crippen molar-refractivity contribution in [2.45, 2.75) is 26.3 Å². The van der Waals surface area contributed by atoms with E-state index in [0.29, 0.717) is 12.6 Å². The van der Waals surface area contributed by atoms with Gasteiger partial charge in [-0.25, -0.2) is 0 Å². The van der Waals surface area contributed by atoms with Gasteiger partial charge in [-0.15, -0.1) is 0 Å². The van der Waals surface area contributed by atoms with E-state index in [2.05, 4.69) is 18.9 Å². The molecule has 0 saturated carbocycles. The first-order valence-electron chi connectivity index (χ1n) is 4.02. The lowest BCUT2D eigenvalue weighted by Crippen LogP contribution is -2.18. The van der Waals surface area contributed by atoms with Gasteiger partial charge in [-0.05, 0) is 19.4 Å². The Morgan fingerprint density at radius 1 is 1.73 bits per heavy atom. The Kier molecular flexibility index (Phi) is 2.65. The topological polar surface area (TPSA) is 43.8 Å². The smallest absolute Gasteiger partial charge is 0.0616 e. The van der Waals surface area contributed by atoms with Crippen LogP contribution in [0.1, 0.15) is 25.6 Å². The molecule has 0 amide bonds. The zero-order chi connectivity index (χ0) is 8.27. The second-order valence-corrected chi connectivity index (χ2v) is 2.71. The number of aromatic nitrogens is 2. The van der Waals surface area contributed by atoms with Crippen LogP contribution < -0.4 is 5.73 Å². The van der Waals surface area contributed by atoms with Gasteiger partial charge in [0.25, 0.3) is 0 Å². The van der Waals surface area contributed by atoms with Crippen LogP contribution in [0.5, 0.6) is 0 Å². The summed E-state index contributed by atoms with van der Waals surface area (Å²) < 4.78 is 1.99. The highest BCUT2D eigenvalue weighted by atomic mass is 15.3. The average molecular weight is 153 g/mol. The maximum Gasteiger partial charge on any atom is 0.0616 e. The Morgan fingerprint density at radius 3 is 3.00 bits per heavy atom. The fourth-order valence-electron chi connectivity index (χ4n) is 1.12. The van der Waals surface area contributed by atoms with Crippen molar-refractivity contribution >= 4 is 0 Å². The van der Waals surface area contributed by atoms with Crippen LogP contribution in [-0.2, 0) is 6.42 Å². The molecule has 0 spiro atoms. The summed E-state index contributed by atoms with van der Waals surface area (Å²) in [6.07, 6.45) is 2.84. The van der Waals surface area contributed by atoms with Crippen molar-refractivity contribution in [3.8, 4) is 0 Å². The number of nitrogens with two attached hydrogens (primary N) is 1. The molecule has 1 atom stereocenters. The van der Waals surface area contributed by atoms with Gasteiger partial charge in [-0.2, -0.15) is 5.10 Å². The van der Waals surface area contributed by atoms with Crippen LogP contribution in [-0.4, -0.2) is 16.3 Å². The molecule has 0 fully saturated rings. The summed E-state index contributed by atoms with van der Waals surface area (Å²) >= 11 is 0. The molecular formula is C8H15N3. The minimum absolute atomic E-state index is 0.319. The van der Waals surface area contributed by atoms with E-state index in [1.54, 1.807) is 0 Å². The third-order valence-electron chi connectivity index (χ3n) is 1.87. The van der Waals surface area contributed by atoms with Crippen molar-refractivity contribution in [1.29, 1.82) is 0 Å². The molecule has 1 heterocycles. The molecule has 11 heavy (non-hydrogen) atoms. The van der Waals surface area contributed by atoms with Gasteiger partial charge in [0.05, 0.1) is 6.04 Å². The van der Waals surface area contributed by atoms with Gasteiger partial charge in [0.15, 0.2) is 0 Å². The van der Waals surface area contributed by atoms with E-state index in [1.165, 1.54) is 5.69 Å². The molecule has 0 aliphatic heterocycles. The molecule has 1 rings (SSSR count). The van der Waals surface area contributed by atoms with Gasteiger partial charge in [-0.1, -0.05) is 6.92 Å². The molecule has 1 unspecified atom stereocenters. The summed E-state index contributed by atoms with van der Waals surface area (Å²) in [7, 11) is 0. The molecule has 0 aromatic carbocycles. The Morgan fingerprint density at radius 2 is 2.45 bits per heavy atom. The quantitative estimate of drug-likeness (QED) is 0.703. The molecule has 1 aromatic rings. The van der Waals surface area contributed by atoms with Crippen LogP contribution in [0.3, 0.4) is 0 Å². The number of aryl methyl sites for hydroxylation is 1. The molecule has 3 nitrogen and oxygen atoms in total. The van der Waals surface area contributed by atoms with Crippen LogP contribution in [0.25, 0.3) is 0 Å². The minimum atomic E-state index is 0.319. The molecule has 3 heteroatoms. The maximum atomic E-state index is 5.53. The Balaban J connectivity index is 2.83. The van der Waals surface area contributed by atoms with E-state index in [9.17, 15) is 0 Å². The van der Waals surface area contributed by atoms with Crippen LogP contribution in [0, 0.1) is 0 Å². The van der Waals surface area contributed by atoms with E-state index in [1.807, 2.05) is 16.9 Å². The fraction of sp³-hybridized carbons (Fsp3) is 0.625. The Labute approximate surface area is 67.2 Å². The van der Waals surface area contributed by atoms with Crippen molar-refractivity contribution in [2.24, 2.45) is 5.73 Å². The normalized spacial score (nSPS) is 13.4. The van der Waals surface area contributed by atoms with Crippen LogP contribution in [0.4, 0.5) is 0 Å². The van der Waals surface area contributed by atoms with E-state index >= 15 is 0 Å². The van der Waals surface area contributed by atoms with Crippen LogP contribution >= 0.6 is 0 Å². The van der Waals surface area contributed by atoms with Gasteiger partial charge in [0, 0.05) is 18.4 Å². The van der Waals surface area contributed by atoms with Crippen LogP contribution in [0.2, 0.25) is 0 Å².